The molecule has 0 amide bonds. The Balaban J connectivity index is 2.13. The monoisotopic (exact) mass is 285 g/mol. The van der Waals surface area contributed by atoms with Gasteiger partial charge < -0.3 is 14.8 Å². The molecule has 0 aromatic heterocycles. The van der Waals surface area contributed by atoms with Gasteiger partial charge in [-0.15, -0.1) is 0 Å². The van der Waals surface area contributed by atoms with Crippen LogP contribution >= 0.6 is 0 Å². The van der Waals surface area contributed by atoms with E-state index in [1.807, 2.05) is 49.4 Å². The Kier molecular flexibility index (Phi) is 5.64. The summed E-state index contributed by atoms with van der Waals surface area (Å²) in [5, 5.41) is 3.41. The summed E-state index contributed by atoms with van der Waals surface area (Å²) in [5.41, 5.74) is 1.15. The van der Waals surface area contributed by atoms with E-state index >= 15 is 0 Å². The van der Waals surface area contributed by atoms with Crippen molar-refractivity contribution in [3.63, 3.8) is 0 Å². The third-order valence-corrected chi connectivity index (χ3v) is 3.02. The lowest BCUT2D eigenvalue weighted by Gasteiger charge is -2.14. The maximum atomic E-state index is 6.01. The molecule has 2 aromatic rings. The Labute approximate surface area is 126 Å². The molecule has 2 aromatic carbocycles. The normalized spacial score (nSPS) is 10.7. The van der Waals surface area contributed by atoms with Crippen molar-refractivity contribution < 1.29 is 9.47 Å². The number of hydrogen-bond donors (Lipinski definition) is 1. The Morgan fingerprint density at radius 1 is 1.00 bits per heavy atom. The molecule has 0 bridgehead atoms. The van der Waals surface area contributed by atoms with Gasteiger partial charge in [-0.3, -0.25) is 0 Å². The predicted octanol–water partition coefficient (Wildman–Crippen LogP) is 4.38. The molecule has 0 fully saturated rings. The van der Waals surface area contributed by atoms with Crippen LogP contribution in [0.5, 0.6) is 17.2 Å². The van der Waals surface area contributed by atoms with Crippen LogP contribution in [-0.4, -0.2) is 12.6 Å². The van der Waals surface area contributed by atoms with Crippen molar-refractivity contribution in [1.82, 2.24) is 5.32 Å². The van der Waals surface area contributed by atoms with Crippen LogP contribution in [0, 0.1) is 0 Å². The molecule has 112 valence electrons. The quantitative estimate of drug-likeness (QED) is 0.819. The number of hydrogen-bond acceptors (Lipinski definition) is 3. The molecule has 0 aliphatic heterocycles. The van der Waals surface area contributed by atoms with Crippen LogP contribution < -0.4 is 14.8 Å². The van der Waals surface area contributed by atoms with Crippen LogP contribution in [-0.2, 0) is 6.54 Å². The number of ether oxygens (including phenoxy) is 2. The predicted molar refractivity (Wildman–Crippen MR) is 86.1 cm³/mol. The molecule has 21 heavy (non-hydrogen) atoms. The lowest BCUT2D eigenvalue weighted by atomic mass is 10.2. The second-order valence-corrected chi connectivity index (χ2v) is 5.15. The number of nitrogens with one attached hydrogen (secondary N) is 1. The summed E-state index contributed by atoms with van der Waals surface area (Å²) in [6.45, 7) is 7.68. The molecule has 1 N–H and O–H groups in total. The highest BCUT2D eigenvalue weighted by molar-refractivity contribution is 5.40. The van der Waals surface area contributed by atoms with Crippen molar-refractivity contribution >= 4 is 0 Å². The molecular formula is C18H23NO2. The van der Waals surface area contributed by atoms with E-state index in [-0.39, 0.29) is 0 Å². The van der Waals surface area contributed by atoms with Crippen LogP contribution in [0.15, 0.2) is 48.5 Å². The van der Waals surface area contributed by atoms with Crippen molar-refractivity contribution in [3.05, 3.63) is 54.1 Å². The fourth-order valence-electron chi connectivity index (χ4n) is 1.98. The van der Waals surface area contributed by atoms with Gasteiger partial charge in [0.1, 0.15) is 17.2 Å². The summed E-state index contributed by atoms with van der Waals surface area (Å²) in [7, 11) is 0. The van der Waals surface area contributed by atoms with Crippen molar-refractivity contribution in [2.45, 2.75) is 33.4 Å². The molecule has 3 nitrogen and oxygen atoms in total. The van der Waals surface area contributed by atoms with Gasteiger partial charge in [0, 0.05) is 24.2 Å². The maximum Gasteiger partial charge on any atom is 0.131 e. The van der Waals surface area contributed by atoms with Gasteiger partial charge in [-0.1, -0.05) is 38.1 Å². The first kappa shape index (κ1) is 15.4. The highest BCUT2D eigenvalue weighted by atomic mass is 16.5. The summed E-state index contributed by atoms with van der Waals surface area (Å²) in [6.07, 6.45) is 0. The van der Waals surface area contributed by atoms with E-state index in [1.165, 1.54) is 0 Å². The third-order valence-electron chi connectivity index (χ3n) is 3.02. The molecule has 0 saturated carbocycles. The largest absolute Gasteiger partial charge is 0.494 e. The summed E-state index contributed by atoms with van der Waals surface area (Å²) in [4.78, 5) is 0. The van der Waals surface area contributed by atoms with Crippen LogP contribution in [0.25, 0.3) is 0 Å². The molecule has 0 unspecified atom stereocenters. The zero-order valence-corrected chi connectivity index (χ0v) is 12.9. The summed E-state index contributed by atoms with van der Waals surface area (Å²) >= 11 is 0. The Bertz CT molecular complexity index is 567. The highest BCUT2D eigenvalue weighted by Gasteiger charge is 2.06. The second kappa shape index (κ2) is 7.70. The van der Waals surface area contributed by atoms with Gasteiger partial charge in [-0.25, -0.2) is 0 Å². The van der Waals surface area contributed by atoms with Gasteiger partial charge in [0.05, 0.1) is 6.61 Å². The molecule has 2 rings (SSSR count). The Hall–Kier alpha value is -2.00. The first-order valence-corrected chi connectivity index (χ1v) is 7.41. The first-order valence-electron chi connectivity index (χ1n) is 7.41. The standard InChI is InChI=1S/C18H23NO2/c1-4-20-16-9-7-10-17(12-16)21-18-11-6-5-8-15(18)13-19-14(2)3/h5-12,14,19H,4,13H2,1-3H3. The molecule has 3 heteroatoms. The van der Waals surface area contributed by atoms with Crippen molar-refractivity contribution in [2.75, 3.05) is 6.61 Å². The smallest absolute Gasteiger partial charge is 0.131 e. The second-order valence-electron chi connectivity index (χ2n) is 5.15. The van der Waals surface area contributed by atoms with E-state index in [0.717, 1.165) is 29.4 Å². The topological polar surface area (TPSA) is 30.5 Å². The van der Waals surface area contributed by atoms with Gasteiger partial charge in [0.25, 0.3) is 0 Å². The number of para-hydroxylation sites is 1. The number of rotatable bonds is 7. The Morgan fingerprint density at radius 3 is 2.52 bits per heavy atom. The fourth-order valence-corrected chi connectivity index (χ4v) is 1.98. The first-order chi connectivity index (χ1) is 10.2. The average Bonchev–Trinajstić information content (AvgIpc) is 2.47. The van der Waals surface area contributed by atoms with Crippen molar-refractivity contribution in [2.24, 2.45) is 0 Å². The van der Waals surface area contributed by atoms with Crippen LogP contribution in [0.3, 0.4) is 0 Å². The summed E-state index contributed by atoms with van der Waals surface area (Å²) < 4.78 is 11.5. The van der Waals surface area contributed by atoms with Crippen molar-refractivity contribution in [3.8, 4) is 17.2 Å². The number of benzene rings is 2. The lowest BCUT2D eigenvalue weighted by Crippen LogP contribution is -2.22. The summed E-state index contributed by atoms with van der Waals surface area (Å²) in [6, 6.07) is 16.3. The molecule has 0 atom stereocenters. The molecule has 0 radical (unpaired) electrons. The average molecular weight is 285 g/mol. The van der Waals surface area contributed by atoms with E-state index in [0.29, 0.717) is 12.6 Å². The van der Waals surface area contributed by atoms with Gasteiger partial charge >= 0.3 is 0 Å². The minimum atomic E-state index is 0.444. The maximum absolute atomic E-state index is 6.01. The Morgan fingerprint density at radius 2 is 1.76 bits per heavy atom. The third kappa shape index (κ3) is 4.80. The zero-order chi connectivity index (χ0) is 15.1. The van der Waals surface area contributed by atoms with Crippen LogP contribution in [0.1, 0.15) is 26.3 Å². The van der Waals surface area contributed by atoms with E-state index in [4.69, 9.17) is 9.47 Å². The molecule has 0 aliphatic rings. The molecule has 0 heterocycles. The molecule has 0 aliphatic carbocycles. The fraction of sp³-hybridized carbons (Fsp3) is 0.333. The van der Waals surface area contributed by atoms with E-state index < -0.39 is 0 Å². The molecular weight excluding hydrogens is 262 g/mol. The highest BCUT2D eigenvalue weighted by Crippen LogP contribution is 2.27. The van der Waals surface area contributed by atoms with Gasteiger partial charge in [0.2, 0.25) is 0 Å². The van der Waals surface area contributed by atoms with Crippen LogP contribution in [0.2, 0.25) is 0 Å². The van der Waals surface area contributed by atoms with E-state index in [9.17, 15) is 0 Å². The SMILES string of the molecule is CCOc1cccc(Oc2ccccc2CNC(C)C)c1. The van der Waals surface area contributed by atoms with Gasteiger partial charge in [0.15, 0.2) is 0 Å². The van der Waals surface area contributed by atoms with E-state index in [1.54, 1.807) is 0 Å². The zero-order valence-electron chi connectivity index (χ0n) is 12.9. The minimum Gasteiger partial charge on any atom is -0.494 e. The van der Waals surface area contributed by atoms with Crippen LogP contribution in [0.4, 0.5) is 0 Å². The van der Waals surface area contributed by atoms with Gasteiger partial charge in [-0.05, 0) is 25.1 Å². The van der Waals surface area contributed by atoms with Crippen molar-refractivity contribution in [1.29, 1.82) is 0 Å². The lowest BCUT2D eigenvalue weighted by molar-refractivity contribution is 0.338. The van der Waals surface area contributed by atoms with Gasteiger partial charge in [-0.2, -0.15) is 0 Å². The molecule has 0 spiro atoms. The molecule has 0 saturated heterocycles. The van der Waals surface area contributed by atoms with E-state index in [2.05, 4.69) is 25.2 Å². The summed E-state index contributed by atoms with van der Waals surface area (Å²) in [5.74, 6) is 2.49. The minimum absolute atomic E-state index is 0.444.